The van der Waals surface area contributed by atoms with E-state index in [9.17, 15) is 18.7 Å². The number of pyridine rings is 1. The van der Waals surface area contributed by atoms with Gasteiger partial charge in [0.1, 0.15) is 0 Å². The van der Waals surface area contributed by atoms with Gasteiger partial charge in [-0.15, -0.1) is 0 Å². The van der Waals surface area contributed by atoms with Crippen LogP contribution in [0.5, 0.6) is 5.75 Å². The number of fused-ring (bicyclic) bond motifs is 2. The first kappa shape index (κ1) is 23.1. The van der Waals surface area contributed by atoms with Crippen LogP contribution >= 0.6 is 0 Å². The third kappa shape index (κ3) is 4.41. The number of benzene rings is 2. The van der Waals surface area contributed by atoms with Gasteiger partial charge >= 0.3 is 0 Å². The summed E-state index contributed by atoms with van der Waals surface area (Å²) in [5.74, 6) is -3.65. The molecule has 188 valence electrons. The van der Waals surface area contributed by atoms with Crippen molar-refractivity contribution in [2.75, 3.05) is 6.54 Å². The largest absolute Gasteiger partial charge is 0.503 e. The van der Waals surface area contributed by atoms with Gasteiger partial charge in [-0.1, -0.05) is 18.2 Å². The maximum absolute atomic E-state index is 13.6. The minimum Gasteiger partial charge on any atom is -0.503 e. The fraction of sp³-hybridized carbons (Fsp3) is 0.250. The number of phenolic OH excluding ortho intramolecular Hbond substituents is 1. The van der Waals surface area contributed by atoms with Crippen LogP contribution in [0.4, 0.5) is 8.78 Å². The maximum atomic E-state index is 13.6. The van der Waals surface area contributed by atoms with E-state index in [-0.39, 0.29) is 17.5 Å². The monoisotopic (exact) mass is 501 g/mol. The molecule has 0 radical (unpaired) electrons. The highest BCUT2D eigenvalue weighted by molar-refractivity contribution is 5.94. The highest BCUT2D eigenvalue weighted by atomic mass is 19.1. The van der Waals surface area contributed by atoms with Crippen molar-refractivity contribution in [3.05, 3.63) is 84.3 Å². The molecule has 1 aliphatic rings. The maximum Gasteiger partial charge on any atom is 0.251 e. The van der Waals surface area contributed by atoms with Crippen LogP contribution in [-0.2, 0) is 0 Å². The van der Waals surface area contributed by atoms with Gasteiger partial charge in [0.05, 0.1) is 23.3 Å². The van der Waals surface area contributed by atoms with Crippen LogP contribution in [0.3, 0.4) is 0 Å². The number of halogens is 2. The Kier molecular flexibility index (Phi) is 5.82. The minimum atomic E-state index is -1.15. The number of amides is 1. The average molecular weight is 502 g/mol. The third-order valence-electron chi connectivity index (χ3n) is 7.28. The molecular formula is C28H25F2N5O2. The van der Waals surface area contributed by atoms with E-state index in [1.165, 1.54) is 0 Å². The number of aromatic nitrogens is 4. The summed E-state index contributed by atoms with van der Waals surface area (Å²) in [7, 11) is 0. The molecule has 0 unspecified atom stereocenters. The molecule has 7 nitrogen and oxygen atoms in total. The van der Waals surface area contributed by atoms with Gasteiger partial charge in [-0.25, -0.2) is 13.3 Å². The van der Waals surface area contributed by atoms with Crippen LogP contribution in [0.1, 0.15) is 42.1 Å². The Morgan fingerprint density at radius 1 is 1.05 bits per heavy atom. The van der Waals surface area contributed by atoms with Gasteiger partial charge in [-0.05, 0) is 67.5 Å². The molecular weight excluding hydrogens is 476 g/mol. The normalized spacial score (nSPS) is 17.9. The first-order chi connectivity index (χ1) is 18.0. The van der Waals surface area contributed by atoms with Crippen molar-refractivity contribution < 1.29 is 18.7 Å². The standard InChI is InChI=1S/C28H25F2N5O2/c29-23-11-20(12-24(30)27(23)36)28(37)31-14-17-4-8-21(9-5-17)35-16-19-7-6-18(13-25(19)33-35)22-15-32-34-10-2-1-3-26(22)34/h1-3,6-7,10-13,15-17,21,36H,4-5,8-9,14H2,(H,31,37)/t17-,21-. The molecule has 0 aliphatic heterocycles. The van der Waals surface area contributed by atoms with Crippen LogP contribution in [0.25, 0.3) is 27.5 Å². The fourth-order valence-corrected chi connectivity index (χ4v) is 5.20. The number of hydrogen-bond acceptors (Lipinski definition) is 4. The summed E-state index contributed by atoms with van der Waals surface area (Å²) < 4.78 is 31.0. The molecule has 37 heavy (non-hydrogen) atoms. The zero-order valence-electron chi connectivity index (χ0n) is 19.9. The van der Waals surface area contributed by atoms with Crippen LogP contribution in [-0.4, -0.2) is 37.0 Å². The summed E-state index contributed by atoms with van der Waals surface area (Å²) in [6, 6.07) is 14.3. The number of nitrogens with one attached hydrogen (secondary N) is 1. The number of hydrogen-bond donors (Lipinski definition) is 2. The lowest BCUT2D eigenvalue weighted by Crippen LogP contribution is -2.31. The van der Waals surface area contributed by atoms with Gasteiger partial charge in [0, 0.05) is 35.5 Å². The lowest BCUT2D eigenvalue weighted by atomic mass is 9.86. The molecule has 2 N–H and O–H groups in total. The van der Waals surface area contributed by atoms with Crippen LogP contribution in [0.2, 0.25) is 0 Å². The number of rotatable bonds is 5. The van der Waals surface area contributed by atoms with E-state index in [2.05, 4.69) is 39.5 Å². The van der Waals surface area contributed by atoms with E-state index in [1.807, 2.05) is 35.1 Å². The Morgan fingerprint density at radius 2 is 1.84 bits per heavy atom. The molecule has 6 rings (SSSR count). The van der Waals surface area contributed by atoms with Gasteiger partial charge in [0.2, 0.25) is 0 Å². The lowest BCUT2D eigenvalue weighted by molar-refractivity contribution is 0.0940. The van der Waals surface area contributed by atoms with Gasteiger partial charge in [-0.2, -0.15) is 10.2 Å². The second-order valence-electron chi connectivity index (χ2n) is 9.64. The van der Waals surface area contributed by atoms with E-state index < -0.39 is 23.3 Å². The molecule has 1 fully saturated rings. The van der Waals surface area contributed by atoms with E-state index in [1.54, 1.807) is 0 Å². The van der Waals surface area contributed by atoms with Gasteiger partial charge in [0.25, 0.3) is 5.91 Å². The topological polar surface area (TPSA) is 84.5 Å². The summed E-state index contributed by atoms with van der Waals surface area (Å²) >= 11 is 0. The van der Waals surface area contributed by atoms with Gasteiger partial charge in [-0.3, -0.25) is 9.48 Å². The van der Waals surface area contributed by atoms with Crippen molar-refractivity contribution in [1.29, 1.82) is 0 Å². The summed E-state index contributed by atoms with van der Waals surface area (Å²) in [6.45, 7) is 0.430. The Labute approximate surface area is 211 Å². The molecule has 3 heterocycles. The molecule has 5 aromatic rings. The Hall–Kier alpha value is -4.27. The molecule has 1 saturated carbocycles. The van der Waals surface area contributed by atoms with E-state index in [0.717, 1.165) is 65.4 Å². The Balaban J connectivity index is 1.09. The zero-order valence-corrected chi connectivity index (χ0v) is 19.9. The van der Waals surface area contributed by atoms with Crippen molar-refractivity contribution in [2.45, 2.75) is 31.7 Å². The molecule has 3 aromatic heterocycles. The first-order valence-corrected chi connectivity index (χ1v) is 12.3. The quantitative estimate of drug-likeness (QED) is 0.333. The lowest BCUT2D eigenvalue weighted by Gasteiger charge is -2.28. The van der Waals surface area contributed by atoms with Crippen LogP contribution < -0.4 is 5.32 Å². The van der Waals surface area contributed by atoms with Gasteiger partial charge in [0.15, 0.2) is 17.4 Å². The number of carbonyl (C=O) groups is 1. The molecule has 2 aromatic carbocycles. The smallest absolute Gasteiger partial charge is 0.251 e. The minimum absolute atomic E-state index is 0.145. The van der Waals surface area contributed by atoms with Crippen molar-refractivity contribution in [1.82, 2.24) is 24.7 Å². The number of phenols is 1. The summed E-state index contributed by atoms with van der Waals surface area (Å²) in [5, 5.41) is 22.4. The third-order valence-corrected chi connectivity index (χ3v) is 7.28. The van der Waals surface area contributed by atoms with Crippen LogP contribution in [0.15, 0.2) is 67.1 Å². The van der Waals surface area contributed by atoms with Crippen molar-refractivity contribution in [3.8, 4) is 16.9 Å². The summed E-state index contributed by atoms with van der Waals surface area (Å²) in [4.78, 5) is 12.3. The number of nitrogens with zero attached hydrogens (tertiary/aromatic N) is 4. The molecule has 9 heteroatoms. The summed E-state index contributed by atoms with van der Waals surface area (Å²) in [6.07, 6.45) is 9.58. The molecule has 1 amide bonds. The molecule has 0 bridgehead atoms. The second-order valence-corrected chi connectivity index (χ2v) is 9.64. The predicted molar refractivity (Wildman–Crippen MR) is 135 cm³/mol. The highest BCUT2D eigenvalue weighted by Gasteiger charge is 2.24. The first-order valence-electron chi connectivity index (χ1n) is 12.3. The van der Waals surface area contributed by atoms with E-state index in [4.69, 9.17) is 5.10 Å². The molecule has 0 spiro atoms. The number of carbonyl (C=O) groups excluding carboxylic acids is 1. The zero-order chi connectivity index (χ0) is 25.5. The predicted octanol–water partition coefficient (Wildman–Crippen LogP) is 5.50. The number of aromatic hydroxyl groups is 1. The van der Waals surface area contributed by atoms with Crippen LogP contribution in [0, 0.1) is 17.6 Å². The van der Waals surface area contributed by atoms with Crippen molar-refractivity contribution in [2.24, 2.45) is 5.92 Å². The molecule has 0 saturated heterocycles. The average Bonchev–Trinajstić information content (AvgIpc) is 3.54. The fourth-order valence-electron chi connectivity index (χ4n) is 5.20. The molecule has 0 atom stereocenters. The van der Waals surface area contributed by atoms with E-state index in [0.29, 0.717) is 6.54 Å². The Bertz CT molecular complexity index is 1590. The summed E-state index contributed by atoms with van der Waals surface area (Å²) in [5.41, 5.74) is 3.99. The van der Waals surface area contributed by atoms with Crippen molar-refractivity contribution in [3.63, 3.8) is 0 Å². The second kappa shape index (κ2) is 9.31. The van der Waals surface area contributed by atoms with Crippen molar-refractivity contribution >= 4 is 22.3 Å². The highest BCUT2D eigenvalue weighted by Crippen LogP contribution is 2.34. The van der Waals surface area contributed by atoms with E-state index >= 15 is 0 Å². The van der Waals surface area contributed by atoms with Gasteiger partial charge < -0.3 is 10.4 Å². The Morgan fingerprint density at radius 3 is 2.62 bits per heavy atom. The molecule has 1 aliphatic carbocycles. The SMILES string of the molecule is O=C(NC[C@H]1CC[C@H](n2cc3ccc(-c4cnn5ccccc45)cc3n2)CC1)c1cc(F)c(O)c(F)c1.